The van der Waals surface area contributed by atoms with Gasteiger partial charge in [0.15, 0.2) is 6.17 Å². The molecule has 1 aromatic carbocycles. The second-order valence-electron chi connectivity index (χ2n) is 5.76. The summed E-state index contributed by atoms with van der Waals surface area (Å²) in [4.78, 5) is 3.85. The van der Waals surface area contributed by atoms with Crippen molar-refractivity contribution in [2.45, 2.75) is 25.5 Å². The fourth-order valence-electron chi connectivity index (χ4n) is 2.26. The van der Waals surface area contributed by atoms with Crippen molar-refractivity contribution in [3.8, 4) is 11.8 Å². The predicted molar refractivity (Wildman–Crippen MR) is 89.2 cm³/mol. The predicted octanol–water partition coefficient (Wildman–Crippen LogP) is 2.46. The van der Waals surface area contributed by atoms with Gasteiger partial charge in [0.2, 0.25) is 6.30 Å². The van der Waals surface area contributed by atoms with Crippen LogP contribution in [0.5, 0.6) is 0 Å². The van der Waals surface area contributed by atoms with E-state index in [1.807, 2.05) is 0 Å². The number of nitrogens with zero attached hydrogens (tertiary/aromatic N) is 5. The highest BCUT2D eigenvalue weighted by atomic mass is 19.2. The Morgan fingerprint density at radius 1 is 1.15 bits per heavy atom. The highest BCUT2D eigenvalue weighted by molar-refractivity contribution is 5.43. The number of halogens is 3. The molecule has 3 aromatic rings. The first kappa shape index (κ1) is 18.5. The topological polar surface area (TPSA) is 76.7 Å². The lowest BCUT2D eigenvalue weighted by Gasteiger charge is -2.18. The molecule has 0 aliphatic rings. The van der Waals surface area contributed by atoms with E-state index in [1.165, 1.54) is 24.4 Å². The standard InChI is InChI=1S/C18H14F3N5O/c1-11-2-5-13(14(19)8-11)6-3-12-4-7-15(22-9-12)16(20)17(27)18(21)26-10-23-24-25-26/h2,4-5,7-10,16-18,27H,1H3. The lowest BCUT2D eigenvalue weighted by atomic mass is 10.1. The zero-order valence-corrected chi connectivity index (χ0v) is 14.1. The van der Waals surface area contributed by atoms with Crippen LogP contribution in [0.1, 0.15) is 34.9 Å². The number of benzene rings is 1. The molecule has 0 spiro atoms. The first-order chi connectivity index (χ1) is 13.0. The number of aromatic nitrogens is 5. The molecule has 0 amide bonds. The van der Waals surface area contributed by atoms with E-state index >= 15 is 0 Å². The van der Waals surface area contributed by atoms with Crippen molar-refractivity contribution in [3.63, 3.8) is 0 Å². The Hall–Kier alpha value is -3.25. The lowest BCUT2D eigenvalue weighted by Crippen LogP contribution is -2.26. The molecule has 0 saturated heterocycles. The van der Waals surface area contributed by atoms with Crippen LogP contribution in [-0.2, 0) is 0 Å². The van der Waals surface area contributed by atoms with Crippen LogP contribution in [0.2, 0.25) is 0 Å². The number of tetrazole rings is 1. The van der Waals surface area contributed by atoms with E-state index in [1.54, 1.807) is 19.1 Å². The molecule has 3 atom stereocenters. The molecule has 0 saturated carbocycles. The van der Waals surface area contributed by atoms with E-state index < -0.39 is 24.4 Å². The third kappa shape index (κ3) is 4.30. The van der Waals surface area contributed by atoms with Crippen LogP contribution in [0.3, 0.4) is 0 Å². The third-order valence-electron chi connectivity index (χ3n) is 3.73. The van der Waals surface area contributed by atoms with Gasteiger partial charge in [0.05, 0.1) is 11.3 Å². The highest BCUT2D eigenvalue weighted by Gasteiger charge is 2.32. The molecule has 3 unspecified atom stereocenters. The van der Waals surface area contributed by atoms with Crippen LogP contribution in [0.25, 0.3) is 0 Å². The molecule has 3 rings (SSSR count). The molecular weight excluding hydrogens is 359 g/mol. The van der Waals surface area contributed by atoms with Crippen LogP contribution in [0.15, 0.2) is 42.9 Å². The Morgan fingerprint density at radius 3 is 2.59 bits per heavy atom. The monoisotopic (exact) mass is 373 g/mol. The first-order valence-electron chi connectivity index (χ1n) is 7.88. The molecule has 138 valence electrons. The van der Waals surface area contributed by atoms with E-state index in [4.69, 9.17) is 0 Å². The van der Waals surface area contributed by atoms with Gasteiger partial charge >= 0.3 is 0 Å². The summed E-state index contributed by atoms with van der Waals surface area (Å²) in [5.74, 6) is 4.96. The van der Waals surface area contributed by atoms with Crippen LogP contribution >= 0.6 is 0 Å². The smallest absolute Gasteiger partial charge is 0.224 e. The van der Waals surface area contributed by atoms with Crippen LogP contribution in [-0.4, -0.2) is 36.4 Å². The first-order valence-corrected chi connectivity index (χ1v) is 7.88. The molecule has 27 heavy (non-hydrogen) atoms. The molecule has 0 radical (unpaired) electrons. The Bertz CT molecular complexity index is 967. The zero-order valence-electron chi connectivity index (χ0n) is 14.1. The minimum Gasteiger partial charge on any atom is -0.385 e. The normalized spacial score (nSPS) is 14.1. The number of hydrogen-bond donors (Lipinski definition) is 1. The van der Waals surface area contributed by atoms with Crippen molar-refractivity contribution < 1.29 is 18.3 Å². The minimum absolute atomic E-state index is 0.176. The zero-order chi connectivity index (χ0) is 19.4. The summed E-state index contributed by atoms with van der Waals surface area (Å²) in [7, 11) is 0. The maximum atomic E-state index is 14.3. The number of hydrogen-bond acceptors (Lipinski definition) is 5. The van der Waals surface area contributed by atoms with E-state index in [0.29, 0.717) is 10.2 Å². The van der Waals surface area contributed by atoms with Crippen LogP contribution in [0, 0.1) is 24.6 Å². The van der Waals surface area contributed by atoms with Crippen molar-refractivity contribution in [2.75, 3.05) is 0 Å². The number of rotatable bonds is 4. The van der Waals surface area contributed by atoms with Gasteiger partial charge in [0.1, 0.15) is 18.2 Å². The van der Waals surface area contributed by atoms with Crippen molar-refractivity contribution in [1.29, 1.82) is 0 Å². The second kappa shape index (κ2) is 7.97. The van der Waals surface area contributed by atoms with Gasteiger partial charge in [0, 0.05) is 11.8 Å². The molecule has 2 heterocycles. The van der Waals surface area contributed by atoms with E-state index in [2.05, 4.69) is 32.4 Å². The highest BCUT2D eigenvalue weighted by Crippen LogP contribution is 2.27. The van der Waals surface area contributed by atoms with Crippen molar-refractivity contribution in [1.82, 2.24) is 25.2 Å². The molecule has 9 heteroatoms. The van der Waals surface area contributed by atoms with Crippen molar-refractivity contribution >= 4 is 0 Å². The maximum Gasteiger partial charge on any atom is 0.224 e. The summed E-state index contributed by atoms with van der Waals surface area (Å²) >= 11 is 0. The van der Waals surface area contributed by atoms with Gasteiger partial charge in [-0.3, -0.25) is 4.98 Å². The van der Waals surface area contributed by atoms with Gasteiger partial charge in [-0.15, -0.1) is 5.10 Å². The van der Waals surface area contributed by atoms with Gasteiger partial charge in [-0.1, -0.05) is 17.9 Å². The fraction of sp³-hybridized carbons (Fsp3) is 0.222. The Balaban J connectivity index is 1.72. The Morgan fingerprint density at radius 2 is 1.96 bits per heavy atom. The second-order valence-corrected chi connectivity index (χ2v) is 5.76. The van der Waals surface area contributed by atoms with Crippen LogP contribution < -0.4 is 0 Å². The molecule has 0 fully saturated rings. The van der Waals surface area contributed by atoms with Crippen LogP contribution in [0.4, 0.5) is 13.2 Å². The minimum atomic E-state index is -2.17. The maximum absolute atomic E-state index is 14.3. The summed E-state index contributed by atoms with van der Waals surface area (Å²) in [5, 5.41) is 19.5. The number of alkyl halides is 2. The third-order valence-corrected chi connectivity index (χ3v) is 3.73. The van der Waals surface area contributed by atoms with Gasteiger partial charge in [0.25, 0.3) is 0 Å². The molecule has 0 aliphatic heterocycles. The number of aryl methyl sites for hydroxylation is 1. The quantitative estimate of drug-likeness (QED) is 0.711. The van der Waals surface area contributed by atoms with Gasteiger partial charge in [-0.25, -0.2) is 13.2 Å². The molecule has 1 N–H and O–H groups in total. The molecule has 0 aliphatic carbocycles. The summed E-state index contributed by atoms with van der Waals surface area (Å²) in [6.07, 6.45) is -4.12. The largest absolute Gasteiger partial charge is 0.385 e. The van der Waals surface area contributed by atoms with E-state index in [9.17, 15) is 18.3 Å². The number of pyridine rings is 1. The lowest BCUT2D eigenvalue weighted by molar-refractivity contribution is -0.0294. The number of aliphatic hydroxyl groups is 1. The molecular formula is C18H14F3N5O. The number of aliphatic hydroxyl groups excluding tert-OH is 1. The van der Waals surface area contributed by atoms with E-state index in [-0.39, 0.29) is 11.3 Å². The Labute approximate surface area is 152 Å². The summed E-state index contributed by atoms with van der Waals surface area (Å²) < 4.78 is 42.7. The fourth-order valence-corrected chi connectivity index (χ4v) is 2.26. The summed E-state index contributed by atoms with van der Waals surface area (Å²) in [6, 6.07) is 7.40. The Kier molecular flexibility index (Phi) is 5.47. The average molecular weight is 373 g/mol. The van der Waals surface area contributed by atoms with Crippen molar-refractivity contribution in [2.24, 2.45) is 0 Å². The summed E-state index contributed by atoms with van der Waals surface area (Å²) in [6.45, 7) is 1.77. The van der Waals surface area contributed by atoms with Crippen molar-refractivity contribution in [3.05, 3.63) is 71.1 Å². The van der Waals surface area contributed by atoms with E-state index in [0.717, 1.165) is 11.9 Å². The van der Waals surface area contributed by atoms with Gasteiger partial charge in [-0.05, 0) is 47.2 Å². The van der Waals surface area contributed by atoms with Gasteiger partial charge < -0.3 is 5.11 Å². The molecule has 2 aromatic heterocycles. The average Bonchev–Trinajstić information content (AvgIpc) is 3.21. The van der Waals surface area contributed by atoms with Gasteiger partial charge in [-0.2, -0.15) is 4.68 Å². The molecule has 0 bridgehead atoms. The SMILES string of the molecule is Cc1ccc(C#Cc2ccc(C(F)C(O)C(F)n3cnnn3)nc2)c(F)c1. The molecule has 6 nitrogen and oxygen atoms in total. The summed E-state index contributed by atoms with van der Waals surface area (Å²) in [5.41, 5.74) is 1.25.